The smallest absolute Gasteiger partial charge is 0.239 e. The van der Waals surface area contributed by atoms with Gasteiger partial charge in [0, 0.05) is 18.7 Å². The zero-order valence-corrected chi connectivity index (χ0v) is 11.6. The number of rotatable bonds is 5. The van der Waals surface area contributed by atoms with Gasteiger partial charge < -0.3 is 21.7 Å². The first-order chi connectivity index (χ1) is 9.60. The van der Waals surface area contributed by atoms with Crippen LogP contribution in [0.15, 0.2) is 12.1 Å². The van der Waals surface area contributed by atoms with E-state index in [0.29, 0.717) is 30.8 Å². The van der Waals surface area contributed by atoms with Crippen LogP contribution in [0.3, 0.4) is 0 Å². The lowest BCUT2D eigenvalue weighted by molar-refractivity contribution is -0.119. The first kappa shape index (κ1) is 14.2. The maximum atomic E-state index is 11.5. The number of carbonyl (C=O) groups excluding carboxylic acids is 2. The summed E-state index contributed by atoms with van der Waals surface area (Å²) in [7, 11) is 0. The maximum absolute atomic E-state index is 11.5. The van der Waals surface area contributed by atoms with Gasteiger partial charge >= 0.3 is 0 Å². The van der Waals surface area contributed by atoms with Gasteiger partial charge in [-0.25, -0.2) is 0 Å². The number of fused-ring (bicyclic) bond motifs is 1. The summed E-state index contributed by atoms with van der Waals surface area (Å²) in [6, 6.07) is 3.63. The monoisotopic (exact) mass is 276 g/mol. The summed E-state index contributed by atoms with van der Waals surface area (Å²) < 4.78 is 0. The minimum atomic E-state index is -0.0759. The van der Waals surface area contributed by atoms with Crippen molar-refractivity contribution < 1.29 is 9.59 Å². The van der Waals surface area contributed by atoms with Crippen LogP contribution in [0.5, 0.6) is 0 Å². The zero-order chi connectivity index (χ0) is 14.5. The number of hydrogen-bond donors (Lipinski definition) is 4. The Morgan fingerprint density at radius 3 is 2.95 bits per heavy atom. The van der Waals surface area contributed by atoms with Crippen LogP contribution in [-0.4, -0.2) is 24.9 Å². The van der Waals surface area contributed by atoms with E-state index < -0.39 is 0 Å². The molecule has 6 nitrogen and oxygen atoms in total. The second kappa shape index (κ2) is 6.27. The Bertz CT molecular complexity index is 528. The normalized spacial score (nSPS) is 13.3. The largest absolute Gasteiger partial charge is 0.397 e. The highest BCUT2D eigenvalue weighted by molar-refractivity contribution is 5.95. The number of amides is 2. The van der Waals surface area contributed by atoms with Crippen molar-refractivity contribution in [1.82, 2.24) is 5.32 Å². The van der Waals surface area contributed by atoms with Crippen LogP contribution in [0.2, 0.25) is 0 Å². The molecule has 1 heterocycles. The van der Waals surface area contributed by atoms with Gasteiger partial charge in [0.15, 0.2) is 0 Å². The molecule has 0 aromatic heterocycles. The lowest BCUT2D eigenvalue weighted by Crippen LogP contribution is -2.30. The number of carbonyl (C=O) groups is 2. The van der Waals surface area contributed by atoms with Gasteiger partial charge in [-0.2, -0.15) is 0 Å². The van der Waals surface area contributed by atoms with Crippen LogP contribution in [0.25, 0.3) is 0 Å². The predicted octanol–water partition coefficient (Wildman–Crippen LogP) is 1.09. The fraction of sp³-hybridized carbons (Fsp3) is 0.429. The molecule has 0 bridgehead atoms. The van der Waals surface area contributed by atoms with Crippen molar-refractivity contribution in [2.24, 2.45) is 0 Å². The van der Waals surface area contributed by atoms with Crippen molar-refractivity contribution in [3.63, 3.8) is 0 Å². The third-order valence-electron chi connectivity index (χ3n) is 3.18. The molecule has 0 atom stereocenters. The molecule has 6 heteroatoms. The van der Waals surface area contributed by atoms with E-state index >= 15 is 0 Å². The second-order valence-corrected chi connectivity index (χ2v) is 4.85. The Kier molecular flexibility index (Phi) is 4.45. The lowest BCUT2D eigenvalue weighted by Gasteiger charge is -2.19. The Morgan fingerprint density at radius 1 is 1.40 bits per heavy atom. The molecule has 1 aliphatic heterocycles. The number of anilines is 3. The predicted molar refractivity (Wildman–Crippen MR) is 79.6 cm³/mol. The molecule has 0 fully saturated rings. The lowest BCUT2D eigenvalue weighted by atomic mass is 10.0. The molecule has 0 radical (unpaired) electrons. The highest BCUT2D eigenvalue weighted by Gasteiger charge is 2.16. The zero-order valence-electron chi connectivity index (χ0n) is 11.6. The SMILES string of the molecule is CCCNC(=O)CNc1cc2c(cc1N)CCC(=O)N2. The molecule has 2 rings (SSSR count). The van der Waals surface area contributed by atoms with Crippen molar-refractivity contribution in [3.8, 4) is 0 Å². The third kappa shape index (κ3) is 3.40. The van der Waals surface area contributed by atoms with Crippen molar-refractivity contribution in [2.75, 3.05) is 29.5 Å². The summed E-state index contributed by atoms with van der Waals surface area (Å²) >= 11 is 0. The van der Waals surface area contributed by atoms with Gasteiger partial charge in [-0.1, -0.05) is 6.92 Å². The molecule has 0 aliphatic carbocycles. The Hall–Kier alpha value is -2.24. The van der Waals surface area contributed by atoms with Gasteiger partial charge in [-0.3, -0.25) is 9.59 Å². The standard InChI is InChI=1S/C14H20N4O2/c1-2-5-16-14(20)8-17-12-7-11-9(6-10(12)15)3-4-13(19)18-11/h6-7,17H,2-5,8,15H2,1H3,(H,16,20)(H,18,19). The average molecular weight is 276 g/mol. The number of nitrogen functional groups attached to an aromatic ring is 1. The van der Waals surface area contributed by atoms with E-state index in [1.54, 1.807) is 6.07 Å². The van der Waals surface area contributed by atoms with Crippen molar-refractivity contribution >= 4 is 28.9 Å². The Balaban J connectivity index is 2.03. The van der Waals surface area contributed by atoms with Gasteiger partial charge in [0.1, 0.15) is 0 Å². The van der Waals surface area contributed by atoms with Crippen LogP contribution < -0.4 is 21.7 Å². The molecule has 5 N–H and O–H groups in total. The molecule has 0 unspecified atom stereocenters. The summed E-state index contributed by atoms with van der Waals surface area (Å²) in [6.07, 6.45) is 2.08. The number of benzene rings is 1. The molecule has 1 aromatic rings. The highest BCUT2D eigenvalue weighted by atomic mass is 16.2. The van der Waals surface area contributed by atoms with E-state index in [1.807, 2.05) is 13.0 Å². The summed E-state index contributed by atoms with van der Waals surface area (Å²) in [5.41, 5.74) is 9.01. The first-order valence-corrected chi connectivity index (χ1v) is 6.83. The summed E-state index contributed by atoms with van der Waals surface area (Å²) in [6.45, 7) is 2.82. The average Bonchev–Trinajstić information content (AvgIpc) is 2.43. The van der Waals surface area contributed by atoms with Gasteiger partial charge in [-0.15, -0.1) is 0 Å². The second-order valence-electron chi connectivity index (χ2n) is 4.85. The van der Waals surface area contributed by atoms with E-state index in [0.717, 1.165) is 17.7 Å². The van der Waals surface area contributed by atoms with Gasteiger partial charge in [0.25, 0.3) is 0 Å². The fourth-order valence-electron chi connectivity index (χ4n) is 2.10. The van der Waals surface area contributed by atoms with Crippen LogP contribution in [0, 0.1) is 0 Å². The van der Waals surface area contributed by atoms with E-state index in [9.17, 15) is 9.59 Å². The molecule has 1 aliphatic rings. The molecule has 20 heavy (non-hydrogen) atoms. The van der Waals surface area contributed by atoms with E-state index in [4.69, 9.17) is 5.73 Å². The third-order valence-corrected chi connectivity index (χ3v) is 3.18. The topological polar surface area (TPSA) is 96.2 Å². The Morgan fingerprint density at radius 2 is 2.20 bits per heavy atom. The molecular formula is C14H20N4O2. The number of nitrogens with one attached hydrogen (secondary N) is 3. The summed E-state index contributed by atoms with van der Waals surface area (Å²) in [5, 5.41) is 8.59. The number of aryl methyl sites for hydroxylation is 1. The van der Waals surface area contributed by atoms with E-state index in [2.05, 4.69) is 16.0 Å². The van der Waals surface area contributed by atoms with E-state index in [1.165, 1.54) is 0 Å². The van der Waals surface area contributed by atoms with Crippen molar-refractivity contribution in [2.45, 2.75) is 26.2 Å². The maximum Gasteiger partial charge on any atom is 0.239 e. The molecule has 2 amide bonds. The number of nitrogens with two attached hydrogens (primary N) is 1. The minimum absolute atomic E-state index is 0.00825. The number of hydrogen-bond acceptors (Lipinski definition) is 4. The molecule has 0 saturated heterocycles. The quantitative estimate of drug-likeness (QED) is 0.605. The van der Waals surface area contributed by atoms with Crippen molar-refractivity contribution in [1.29, 1.82) is 0 Å². The van der Waals surface area contributed by atoms with Crippen LogP contribution in [-0.2, 0) is 16.0 Å². The Labute approximate surface area is 118 Å². The molecule has 0 spiro atoms. The van der Waals surface area contributed by atoms with Crippen LogP contribution in [0.1, 0.15) is 25.3 Å². The minimum Gasteiger partial charge on any atom is -0.397 e. The van der Waals surface area contributed by atoms with Gasteiger partial charge in [0.05, 0.1) is 17.9 Å². The van der Waals surface area contributed by atoms with Gasteiger partial charge in [-0.05, 0) is 30.5 Å². The van der Waals surface area contributed by atoms with Crippen LogP contribution >= 0.6 is 0 Å². The summed E-state index contributed by atoms with van der Waals surface area (Å²) in [4.78, 5) is 22.9. The molecule has 1 aromatic carbocycles. The first-order valence-electron chi connectivity index (χ1n) is 6.83. The van der Waals surface area contributed by atoms with Gasteiger partial charge in [0.2, 0.25) is 11.8 Å². The fourth-order valence-corrected chi connectivity index (χ4v) is 2.10. The van der Waals surface area contributed by atoms with E-state index in [-0.39, 0.29) is 18.4 Å². The summed E-state index contributed by atoms with van der Waals surface area (Å²) in [5.74, 6) is -0.0677. The molecule has 0 saturated carbocycles. The molecular weight excluding hydrogens is 256 g/mol. The highest BCUT2D eigenvalue weighted by Crippen LogP contribution is 2.30. The van der Waals surface area contributed by atoms with Crippen molar-refractivity contribution in [3.05, 3.63) is 17.7 Å². The van der Waals surface area contributed by atoms with Crippen LogP contribution in [0.4, 0.5) is 17.1 Å². The molecule has 108 valence electrons.